The van der Waals surface area contributed by atoms with Crippen LogP contribution in [-0.4, -0.2) is 28.1 Å². The lowest BCUT2D eigenvalue weighted by Crippen LogP contribution is -2.31. The number of hydrogen-bond donors (Lipinski definition) is 0. The number of thioether (sulfide) groups is 1. The number of hydrogen-bond acceptors (Lipinski definition) is 5. The third-order valence-electron chi connectivity index (χ3n) is 4.31. The van der Waals surface area contributed by atoms with Crippen molar-refractivity contribution in [3.63, 3.8) is 0 Å². The van der Waals surface area contributed by atoms with Crippen molar-refractivity contribution >= 4 is 29.0 Å². The van der Waals surface area contributed by atoms with E-state index in [0.29, 0.717) is 6.54 Å². The van der Waals surface area contributed by atoms with E-state index >= 15 is 0 Å². The van der Waals surface area contributed by atoms with Gasteiger partial charge in [-0.3, -0.25) is 4.79 Å². The SMILES string of the molecule is Cc1cc(C(F)(F)F)c(C#N)c(SCC(=O)N2CCCC2c2cccs2)n1. The van der Waals surface area contributed by atoms with Crippen LogP contribution < -0.4 is 0 Å². The quantitative estimate of drug-likeness (QED) is 0.679. The summed E-state index contributed by atoms with van der Waals surface area (Å²) in [6, 6.07) is 6.39. The van der Waals surface area contributed by atoms with Crippen molar-refractivity contribution in [3.8, 4) is 6.07 Å². The molecule has 1 saturated heterocycles. The molecule has 27 heavy (non-hydrogen) atoms. The largest absolute Gasteiger partial charge is 0.417 e. The van der Waals surface area contributed by atoms with E-state index in [1.54, 1.807) is 22.3 Å². The lowest BCUT2D eigenvalue weighted by atomic mass is 10.1. The molecule has 0 aliphatic carbocycles. The maximum Gasteiger partial charge on any atom is 0.417 e. The predicted molar refractivity (Wildman–Crippen MR) is 97.4 cm³/mol. The minimum absolute atomic E-state index is 0.0183. The van der Waals surface area contributed by atoms with Crippen LogP contribution in [0.5, 0.6) is 0 Å². The Morgan fingerprint density at radius 1 is 1.52 bits per heavy atom. The Balaban J connectivity index is 1.78. The van der Waals surface area contributed by atoms with Crippen LogP contribution in [0.15, 0.2) is 28.6 Å². The van der Waals surface area contributed by atoms with Gasteiger partial charge in [0.25, 0.3) is 0 Å². The number of carbonyl (C=O) groups excluding carboxylic acids is 1. The lowest BCUT2D eigenvalue weighted by molar-refractivity contribution is -0.138. The summed E-state index contributed by atoms with van der Waals surface area (Å²) in [5.74, 6) is -0.207. The van der Waals surface area contributed by atoms with Crippen molar-refractivity contribution in [1.82, 2.24) is 9.88 Å². The molecule has 4 nitrogen and oxygen atoms in total. The summed E-state index contributed by atoms with van der Waals surface area (Å²) in [5, 5.41) is 11.1. The molecule has 3 rings (SSSR count). The molecule has 0 radical (unpaired) electrons. The second kappa shape index (κ2) is 7.90. The molecule has 0 N–H and O–H groups in total. The third-order valence-corrected chi connectivity index (χ3v) is 6.24. The van der Waals surface area contributed by atoms with Gasteiger partial charge in [-0.15, -0.1) is 11.3 Å². The highest BCUT2D eigenvalue weighted by molar-refractivity contribution is 8.00. The molecular weight excluding hydrogens is 395 g/mol. The molecule has 9 heteroatoms. The van der Waals surface area contributed by atoms with Gasteiger partial charge >= 0.3 is 6.18 Å². The molecule has 0 spiro atoms. The van der Waals surface area contributed by atoms with Crippen molar-refractivity contribution in [2.45, 2.75) is 37.0 Å². The van der Waals surface area contributed by atoms with Crippen molar-refractivity contribution in [2.24, 2.45) is 0 Å². The maximum absolute atomic E-state index is 13.2. The van der Waals surface area contributed by atoms with Crippen LogP contribution in [0.25, 0.3) is 0 Å². The lowest BCUT2D eigenvalue weighted by Gasteiger charge is -2.24. The molecule has 1 unspecified atom stereocenters. The number of rotatable bonds is 4. The average molecular weight is 411 g/mol. The monoisotopic (exact) mass is 411 g/mol. The Bertz CT molecular complexity index is 875. The molecule has 1 amide bonds. The summed E-state index contributed by atoms with van der Waals surface area (Å²) < 4.78 is 39.6. The summed E-state index contributed by atoms with van der Waals surface area (Å²) in [6.45, 7) is 2.07. The molecule has 1 aliphatic heterocycles. The van der Waals surface area contributed by atoms with Crippen LogP contribution in [0, 0.1) is 18.3 Å². The van der Waals surface area contributed by atoms with Gasteiger partial charge in [0.05, 0.1) is 22.9 Å². The topological polar surface area (TPSA) is 57.0 Å². The number of alkyl halides is 3. The Kier molecular flexibility index (Phi) is 5.77. The smallest absolute Gasteiger partial charge is 0.334 e. The minimum atomic E-state index is -4.64. The second-order valence-electron chi connectivity index (χ2n) is 6.15. The highest BCUT2D eigenvalue weighted by atomic mass is 32.2. The molecule has 1 atom stereocenters. The van der Waals surface area contributed by atoms with E-state index < -0.39 is 17.3 Å². The summed E-state index contributed by atoms with van der Waals surface area (Å²) in [4.78, 5) is 19.6. The number of amides is 1. The molecule has 0 saturated carbocycles. The van der Waals surface area contributed by atoms with Gasteiger partial charge in [-0.05, 0) is 37.3 Å². The van der Waals surface area contributed by atoms with Crippen LogP contribution >= 0.6 is 23.1 Å². The fourth-order valence-electron chi connectivity index (χ4n) is 3.14. The normalized spacial score (nSPS) is 17.1. The Hall–Kier alpha value is -2.05. The highest BCUT2D eigenvalue weighted by Crippen LogP contribution is 2.37. The van der Waals surface area contributed by atoms with Crippen LogP contribution in [-0.2, 0) is 11.0 Å². The van der Waals surface area contributed by atoms with E-state index in [0.717, 1.165) is 35.5 Å². The molecule has 0 bridgehead atoms. The molecule has 3 heterocycles. The number of nitriles is 1. The van der Waals surface area contributed by atoms with Crippen molar-refractivity contribution < 1.29 is 18.0 Å². The number of likely N-dealkylation sites (tertiary alicyclic amines) is 1. The van der Waals surface area contributed by atoms with Crippen LogP contribution in [0.1, 0.15) is 40.6 Å². The van der Waals surface area contributed by atoms with E-state index in [1.807, 2.05) is 17.5 Å². The number of pyridine rings is 1. The van der Waals surface area contributed by atoms with E-state index in [-0.39, 0.29) is 28.4 Å². The number of carbonyl (C=O) groups is 1. The fraction of sp³-hybridized carbons (Fsp3) is 0.389. The molecule has 2 aromatic rings. The van der Waals surface area contributed by atoms with Gasteiger partial charge < -0.3 is 4.90 Å². The van der Waals surface area contributed by atoms with Crippen molar-refractivity contribution in [3.05, 3.63) is 45.3 Å². The third kappa shape index (κ3) is 4.28. The molecule has 142 valence electrons. The first-order chi connectivity index (χ1) is 12.8. The van der Waals surface area contributed by atoms with Crippen LogP contribution in [0.2, 0.25) is 0 Å². The summed E-state index contributed by atoms with van der Waals surface area (Å²) >= 11 is 2.48. The van der Waals surface area contributed by atoms with Gasteiger partial charge in [-0.1, -0.05) is 17.8 Å². The van der Waals surface area contributed by atoms with E-state index in [1.165, 1.54) is 6.92 Å². The molecule has 1 aliphatic rings. The maximum atomic E-state index is 13.2. The summed E-state index contributed by atoms with van der Waals surface area (Å²) in [7, 11) is 0. The first kappa shape index (κ1) is 19.7. The van der Waals surface area contributed by atoms with E-state index in [9.17, 15) is 23.2 Å². The highest BCUT2D eigenvalue weighted by Gasteiger charge is 2.36. The van der Waals surface area contributed by atoms with Crippen molar-refractivity contribution in [2.75, 3.05) is 12.3 Å². The van der Waals surface area contributed by atoms with Crippen LogP contribution in [0.3, 0.4) is 0 Å². The van der Waals surface area contributed by atoms with Gasteiger partial charge in [0, 0.05) is 17.1 Å². The summed E-state index contributed by atoms with van der Waals surface area (Å²) in [5.41, 5.74) is -1.37. The van der Waals surface area contributed by atoms with Gasteiger partial charge in [0.15, 0.2) is 0 Å². The minimum Gasteiger partial charge on any atom is -0.334 e. The van der Waals surface area contributed by atoms with Gasteiger partial charge in [-0.2, -0.15) is 18.4 Å². The molecular formula is C18H16F3N3OS2. The molecule has 0 aromatic carbocycles. The Labute approximate surface area is 163 Å². The Morgan fingerprint density at radius 3 is 2.93 bits per heavy atom. The zero-order valence-corrected chi connectivity index (χ0v) is 16.0. The number of thiophene rings is 1. The molecule has 2 aromatic heterocycles. The number of halogens is 3. The number of nitrogens with zero attached hydrogens (tertiary/aromatic N) is 3. The first-order valence-corrected chi connectivity index (χ1v) is 10.1. The number of aromatic nitrogens is 1. The fourth-order valence-corrected chi connectivity index (χ4v) is 4.94. The first-order valence-electron chi connectivity index (χ1n) is 8.26. The average Bonchev–Trinajstić information content (AvgIpc) is 3.29. The van der Waals surface area contributed by atoms with Gasteiger partial charge in [0.2, 0.25) is 5.91 Å². The van der Waals surface area contributed by atoms with Gasteiger partial charge in [0.1, 0.15) is 11.1 Å². The predicted octanol–water partition coefficient (Wildman–Crippen LogP) is 4.80. The molecule has 1 fully saturated rings. The Morgan fingerprint density at radius 2 is 2.30 bits per heavy atom. The van der Waals surface area contributed by atoms with Crippen molar-refractivity contribution in [1.29, 1.82) is 5.26 Å². The van der Waals surface area contributed by atoms with E-state index in [2.05, 4.69) is 4.98 Å². The summed E-state index contributed by atoms with van der Waals surface area (Å²) in [6.07, 6.45) is -2.87. The second-order valence-corrected chi connectivity index (χ2v) is 8.09. The van der Waals surface area contributed by atoms with E-state index in [4.69, 9.17) is 0 Å². The number of aryl methyl sites for hydroxylation is 1. The zero-order valence-electron chi connectivity index (χ0n) is 14.4. The zero-order chi connectivity index (χ0) is 19.6. The standard InChI is InChI=1S/C18H16F3N3OS2/c1-11-8-13(18(19,20)21)12(9-22)17(23-11)27-10-16(25)24-6-2-4-14(24)15-5-3-7-26-15/h3,5,7-8,14H,2,4,6,10H2,1H3. The van der Waals surface area contributed by atoms with Crippen LogP contribution in [0.4, 0.5) is 13.2 Å². The van der Waals surface area contributed by atoms with Gasteiger partial charge in [-0.25, -0.2) is 4.98 Å².